The maximum atomic E-state index is 12.9. The summed E-state index contributed by atoms with van der Waals surface area (Å²) in [6.07, 6.45) is 3.92. The van der Waals surface area contributed by atoms with Crippen molar-refractivity contribution in [3.05, 3.63) is 71.5 Å². The lowest BCUT2D eigenvalue weighted by molar-refractivity contribution is -0.119. The van der Waals surface area contributed by atoms with Crippen molar-refractivity contribution < 1.29 is 9.82 Å². The average molecular weight is 345 g/mol. The molecular weight excluding hydrogens is 325 g/mol. The molecule has 130 valence electrons. The lowest BCUT2D eigenvalue weighted by Crippen LogP contribution is -2.37. The topological polar surface area (TPSA) is 88.2 Å². The first kappa shape index (κ1) is 16.9. The molecule has 0 bridgehead atoms. The molecule has 1 atom stereocenters. The van der Waals surface area contributed by atoms with E-state index in [-0.39, 0.29) is 18.2 Å². The number of benzene rings is 2. The summed E-state index contributed by atoms with van der Waals surface area (Å²) in [5, 5.41) is 15.0. The molecule has 0 amide bonds. The van der Waals surface area contributed by atoms with Crippen LogP contribution in [0.5, 0.6) is 0 Å². The predicted molar refractivity (Wildman–Crippen MR) is 103 cm³/mol. The third kappa shape index (κ3) is 3.14. The van der Waals surface area contributed by atoms with Crippen LogP contribution in [0, 0.1) is 0 Å². The van der Waals surface area contributed by atoms with Crippen molar-refractivity contribution in [2.75, 3.05) is 6.54 Å². The van der Waals surface area contributed by atoms with Crippen molar-refractivity contribution in [3.8, 4) is 0 Å². The van der Waals surface area contributed by atoms with E-state index in [1.165, 1.54) is 0 Å². The third-order valence-electron chi connectivity index (χ3n) is 5.06. The number of rotatable bonds is 5. The largest absolute Gasteiger partial charge is 0.433 e. The van der Waals surface area contributed by atoms with Gasteiger partial charge in [-0.1, -0.05) is 36.4 Å². The van der Waals surface area contributed by atoms with Crippen LogP contribution in [-0.4, -0.2) is 29.4 Å². The van der Waals surface area contributed by atoms with Gasteiger partial charge in [-0.2, -0.15) is 0 Å². The minimum Gasteiger partial charge on any atom is -0.433 e. The number of pyridine rings is 1. The highest BCUT2D eigenvalue weighted by Gasteiger charge is 2.27. The van der Waals surface area contributed by atoms with E-state index in [0.717, 1.165) is 32.9 Å². The highest BCUT2D eigenvalue weighted by atomic mass is 16.2. The van der Waals surface area contributed by atoms with Crippen molar-refractivity contribution in [1.82, 2.24) is 10.2 Å². The van der Waals surface area contributed by atoms with Crippen LogP contribution >= 0.6 is 0 Å². The second kappa shape index (κ2) is 7.00. The lowest BCUT2D eigenvalue weighted by atomic mass is 9.75. The zero-order valence-corrected chi connectivity index (χ0v) is 14.4. The summed E-state index contributed by atoms with van der Waals surface area (Å²) in [4.78, 5) is 17.0. The number of hydrogen-bond donors (Lipinski definition) is 3. The number of nitrogens with one attached hydrogen (secondary N) is 1. The molecule has 0 radical (unpaired) electrons. The van der Waals surface area contributed by atoms with Gasteiger partial charge in [0.05, 0.1) is 5.92 Å². The Morgan fingerprint density at radius 1 is 1.23 bits per heavy atom. The Labute approximate surface area is 152 Å². The average Bonchev–Trinajstić information content (AvgIpc) is 3.03. The number of Topliss-reactive ketones (excluding diaryl/α,β-unsaturated/α-hetero) is 1. The van der Waals surface area contributed by atoms with Gasteiger partial charge in [0.15, 0.2) is 0 Å². The molecule has 1 aromatic heterocycles. The van der Waals surface area contributed by atoms with E-state index in [9.17, 15) is 9.82 Å². The molecule has 2 aromatic carbocycles. The van der Waals surface area contributed by atoms with E-state index in [0.29, 0.717) is 13.0 Å². The molecule has 26 heavy (non-hydrogen) atoms. The van der Waals surface area contributed by atoms with E-state index in [2.05, 4.69) is 10.2 Å². The molecule has 6 heteroatoms. The van der Waals surface area contributed by atoms with Crippen molar-refractivity contribution in [3.63, 3.8) is 0 Å². The molecule has 0 aliphatic carbocycles. The maximum absolute atomic E-state index is 12.9. The summed E-state index contributed by atoms with van der Waals surface area (Å²) in [5.74, 6) is -0.237. The van der Waals surface area contributed by atoms with Gasteiger partial charge in [-0.3, -0.25) is 9.78 Å². The molecule has 2 heterocycles. The first-order valence-electron chi connectivity index (χ1n) is 8.75. The van der Waals surface area contributed by atoms with Crippen LogP contribution in [-0.2, 0) is 17.8 Å². The molecule has 0 fully saturated rings. The molecule has 1 aliphatic heterocycles. The number of nitrogens with two attached hydrogens (primary N) is 1. The van der Waals surface area contributed by atoms with Crippen LogP contribution in [0.25, 0.3) is 10.8 Å². The van der Waals surface area contributed by atoms with Crippen molar-refractivity contribution in [2.24, 2.45) is 5.73 Å². The fourth-order valence-electron chi connectivity index (χ4n) is 3.60. The summed E-state index contributed by atoms with van der Waals surface area (Å²) in [7, 11) is -0.627. The Bertz CT molecular complexity index is 976. The maximum Gasteiger partial charge on any atom is 0.413 e. The summed E-state index contributed by atoms with van der Waals surface area (Å²) in [5.41, 5.74) is 9.72. The number of aromatic nitrogens is 1. The molecule has 0 saturated carbocycles. The van der Waals surface area contributed by atoms with Gasteiger partial charge in [0.2, 0.25) is 0 Å². The Balaban J connectivity index is 1.57. The van der Waals surface area contributed by atoms with E-state index < -0.39 is 7.05 Å². The zero-order chi connectivity index (χ0) is 18.1. The summed E-state index contributed by atoms with van der Waals surface area (Å²) < 4.78 is 0. The van der Waals surface area contributed by atoms with E-state index >= 15 is 0 Å². The van der Waals surface area contributed by atoms with Crippen molar-refractivity contribution in [2.45, 2.75) is 18.9 Å². The second-order valence-corrected chi connectivity index (χ2v) is 6.73. The van der Waals surface area contributed by atoms with E-state index in [1.807, 2.05) is 48.7 Å². The minimum absolute atomic E-state index is 0.104. The summed E-state index contributed by atoms with van der Waals surface area (Å²) in [6.45, 7) is 0.875. The van der Waals surface area contributed by atoms with Crippen LogP contribution in [0.4, 0.5) is 0 Å². The molecule has 0 saturated heterocycles. The predicted octanol–water partition coefficient (Wildman–Crippen LogP) is 0.880. The standard InChI is InChI=1S/C20H20BN3O2/c22-10-18(15-3-4-19-17(9-15)12-24-21(19)26)20(25)8-13-1-2-16-11-23-6-5-14(16)7-13/h1-7,9,11,18,24,26H,8,10,12,22H2/t18-/m1/s1. The van der Waals surface area contributed by atoms with Crippen LogP contribution in [0.3, 0.4) is 0 Å². The Hall–Kier alpha value is -2.54. The normalized spacial score (nSPS) is 14.5. The Morgan fingerprint density at radius 2 is 2.12 bits per heavy atom. The quantitative estimate of drug-likeness (QED) is 0.598. The van der Waals surface area contributed by atoms with Gasteiger partial charge in [0.25, 0.3) is 0 Å². The van der Waals surface area contributed by atoms with Gasteiger partial charge in [0.1, 0.15) is 5.78 Å². The van der Waals surface area contributed by atoms with Gasteiger partial charge >= 0.3 is 7.05 Å². The van der Waals surface area contributed by atoms with Gasteiger partial charge in [0, 0.05) is 37.3 Å². The summed E-state index contributed by atoms with van der Waals surface area (Å²) >= 11 is 0. The van der Waals surface area contributed by atoms with Crippen LogP contribution in [0.15, 0.2) is 54.9 Å². The molecule has 1 aliphatic rings. The van der Waals surface area contributed by atoms with Gasteiger partial charge in [-0.05, 0) is 33.6 Å². The van der Waals surface area contributed by atoms with Gasteiger partial charge in [-0.25, -0.2) is 0 Å². The van der Waals surface area contributed by atoms with Crippen molar-refractivity contribution in [1.29, 1.82) is 0 Å². The highest BCUT2D eigenvalue weighted by Crippen LogP contribution is 2.22. The molecule has 5 nitrogen and oxygen atoms in total. The number of nitrogens with zero attached hydrogens (tertiary/aromatic N) is 1. The summed E-state index contributed by atoms with van der Waals surface area (Å²) in [6, 6.07) is 13.7. The van der Waals surface area contributed by atoms with Crippen LogP contribution in [0.1, 0.15) is 22.6 Å². The number of hydrogen-bond acceptors (Lipinski definition) is 5. The number of ketones is 1. The smallest absolute Gasteiger partial charge is 0.413 e. The molecule has 0 spiro atoms. The van der Waals surface area contributed by atoms with Crippen LogP contribution in [0.2, 0.25) is 0 Å². The van der Waals surface area contributed by atoms with Crippen molar-refractivity contribution >= 4 is 29.1 Å². The SMILES string of the molecule is NC[C@@H](C(=O)Cc1ccc2cnccc2c1)c1ccc2c(c1)CNB2O. The minimum atomic E-state index is -0.627. The molecule has 0 unspecified atom stereocenters. The number of carbonyl (C=O) groups is 1. The molecule has 3 aromatic rings. The first-order chi connectivity index (χ1) is 12.7. The van der Waals surface area contributed by atoms with E-state index in [1.54, 1.807) is 6.20 Å². The van der Waals surface area contributed by atoms with Gasteiger partial charge < -0.3 is 16.0 Å². The third-order valence-corrected chi connectivity index (χ3v) is 5.06. The monoisotopic (exact) mass is 345 g/mol. The fraction of sp³-hybridized carbons (Fsp3) is 0.200. The Morgan fingerprint density at radius 3 is 2.96 bits per heavy atom. The Kier molecular flexibility index (Phi) is 4.55. The van der Waals surface area contributed by atoms with Crippen LogP contribution < -0.4 is 16.4 Å². The second-order valence-electron chi connectivity index (χ2n) is 6.73. The van der Waals surface area contributed by atoms with Gasteiger partial charge in [-0.15, -0.1) is 0 Å². The molecular formula is C20H20BN3O2. The van der Waals surface area contributed by atoms with E-state index in [4.69, 9.17) is 5.73 Å². The number of fused-ring (bicyclic) bond motifs is 2. The number of carbonyl (C=O) groups excluding carboxylic acids is 1. The highest BCUT2D eigenvalue weighted by molar-refractivity contribution is 6.65. The molecule has 4 rings (SSSR count). The lowest BCUT2D eigenvalue weighted by Gasteiger charge is -2.16. The fourth-order valence-corrected chi connectivity index (χ4v) is 3.60. The zero-order valence-electron chi connectivity index (χ0n) is 14.4. The first-order valence-corrected chi connectivity index (χ1v) is 8.75. The molecule has 4 N–H and O–H groups in total.